The second-order valence-corrected chi connectivity index (χ2v) is 3.48. The molecule has 1 saturated heterocycles. The van der Waals surface area contributed by atoms with Gasteiger partial charge in [-0.1, -0.05) is 0 Å². The predicted octanol–water partition coefficient (Wildman–Crippen LogP) is -0.685. The fraction of sp³-hybridized carbons (Fsp3) is 0.889. The average molecular weight is 274 g/mol. The first kappa shape index (κ1) is 18.3. The lowest BCUT2D eigenvalue weighted by atomic mass is 10.3. The van der Waals surface area contributed by atoms with E-state index in [-0.39, 0.29) is 37.3 Å². The number of hydrogen-bond acceptors (Lipinski definition) is 4. The van der Waals surface area contributed by atoms with E-state index < -0.39 is 0 Å². The molecule has 7 heteroatoms. The Labute approximate surface area is 109 Å². The Morgan fingerprint density at radius 3 is 2.19 bits per heavy atom. The number of amides is 1. The number of hydrogen-bond donors (Lipinski definition) is 2. The lowest BCUT2D eigenvalue weighted by molar-refractivity contribution is -0.132. The highest BCUT2D eigenvalue weighted by Gasteiger charge is 2.19. The summed E-state index contributed by atoms with van der Waals surface area (Å²) in [5.41, 5.74) is 5.32. The Kier molecular flexibility index (Phi) is 11.6. The Hall–Kier alpha value is -0.0700. The summed E-state index contributed by atoms with van der Waals surface area (Å²) >= 11 is 0. The first-order valence-electron chi connectivity index (χ1n) is 5.09. The van der Waals surface area contributed by atoms with Crippen molar-refractivity contribution < 1.29 is 9.90 Å². The number of aliphatic hydroxyl groups excluding tert-OH is 1. The molecule has 0 saturated carbocycles. The van der Waals surface area contributed by atoms with Crippen LogP contribution in [0, 0.1) is 0 Å². The fourth-order valence-electron chi connectivity index (χ4n) is 1.64. The molecule has 0 bridgehead atoms. The Morgan fingerprint density at radius 2 is 1.75 bits per heavy atom. The highest BCUT2D eigenvalue weighted by atomic mass is 35.5. The van der Waals surface area contributed by atoms with Crippen molar-refractivity contribution in [2.24, 2.45) is 5.73 Å². The summed E-state index contributed by atoms with van der Waals surface area (Å²) in [5.74, 6) is 0.149. The van der Waals surface area contributed by atoms with Crippen LogP contribution in [0.25, 0.3) is 0 Å². The number of β-amino-alcohol motifs (C(OH)–C–C–N with tert-alkyl or cyclic N) is 1. The average Bonchev–Trinajstić information content (AvgIpc) is 2.20. The van der Waals surface area contributed by atoms with Gasteiger partial charge in [-0.3, -0.25) is 9.69 Å². The summed E-state index contributed by atoms with van der Waals surface area (Å²) in [5, 5.41) is 8.74. The van der Waals surface area contributed by atoms with Gasteiger partial charge in [-0.15, -0.1) is 24.8 Å². The lowest BCUT2D eigenvalue weighted by Crippen LogP contribution is -2.49. The molecular weight excluding hydrogens is 253 g/mol. The zero-order valence-corrected chi connectivity index (χ0v) is 10.9. The lowest BCUT2D eigenvalue weighted by Gasteiger charge is -2.34. The SMILES string of the molecule is Cl.Cl.NCCC(=O)N1CCN(CCO)CC1. The van der Waals surface area contributed by atoms with Crippen molar-refractivity contribution in [3.8, 4) is 0 Å². The minimum atomic E-state index is 0. The van der Waals surface area contributed by atoms with Gasteiger partial charge in [0.25, 0.3) is 0 Å². The third-order valence-corrected chi connectivity index (χ3v) is 2.50. The zero-order valence-electron chi connectivity index (χ0n) is 9.30. The minimum absolute atomic E-state index is 0. The van der Waals surface area contributed by atoms with Crippen LogP contribution in [0.4, 0.5) is 0 Å². The van der Waals surface area contributed by atoms with E-state index in [1.54, 1.807) is 0 Å². The van der Waals surface area contributed by atoms with Crippen molar-refractivity contribution in [2.45, 2.75) is 6.42 Å². The van der Waals surface area contributed by atoms with Gasteiger partial charge in [0.05, 0.1) is 6.61 Å². The maximum atomic E-state index is 11.4. The van der Waals surface area contributed by atoms with Crippen LogP contribution in [-0.2, 0) is 4.79 Å². The first-order valence-corrected chi connectivity index (χ1v) is 5.09. The van der Waals surface area contributed by atoms with Crippen molar-refractivity contribution in [1.82, 2.24) is 9.80 Å². The summed E-state index contributed by atoms with van der Waals surface area (Å²) in [7, 11) is 0. The number of nitrogens with zero attached hydrogens (tertiary/aromatic N) is 2. The molecule has 0 aromatic rings. The highest BCUT2D eigenvalue weighted by Crippen LogP contribution is 2.02. The second kappa shape index (κ2) is 10.1. The Balaban J connectivity index is 0. The van der Waals surface area contributed by atoms with E-state index in [4.69, 9.17) is 10.8 Å². The molecule has 1 rings (SSSR count). The molecule has 1 heterocycles. The number of halogens is 2. The van der Waals surface area contributed by atoms with E-state index in [0.29, 0.717) is 19.5 Å². The Bertz CT molecular complexity index is 188. The summed E-state index contributed by atoms with van der Waals surface area (Å²) < 4.78 is 0. The van der Waals surface area contributed by atoms with Gasteiger partial charge in [0.2, 0.25) is 5.91 Å². The standard InChI is InChI=1S/C9H19N3O2.2ClH/c10-2-1-9(14)12-5-3-11(4-6-12)7-8-13;;/h13H,1-8,10H2;2*1H. The summed E-state index contributed by atoms with van der Waals surface area (Å²) in [6.07, 6.45) is 0.444. The molecule has 0 aliphatic carbocycles. The highest BCUT2D eigenvalue weighted by molar-refractivity contribution is 5.85. The molecule has 0 unspecified atom stereocenters. The molecule has 3 N–H and O–H groups in total. The quantitative estimate of drug-likeness (QED) is 0.712. The summed E-state index contributed by atoms with van der Waals surface area (Å²) in [6.45, 7) is 4.57. The number of carbonyl (C=O) groups excluding carboxylic acids is 1. The van der Waals surface area contributed by atoms with Crippen LogP contribution in [0.3, 0.4) is 0 Å². The molecule has 5 nitrogen and oxygen atoms in total. The molecule has 1 amide bonds. The van der Waals surface area contributed by atoms with Crippen molar-refractivity contribution in [1.29, 1.82) is 0 Å². The second-order valence-electron chi connectivity index (χ2n) is 3.48. The van der Waals surface area contributed by atoms with Gasteiger partial charge in [-0.25, -0.2) is 0 Å². The van der Waals surface area contributed by atoms with Crippen molar-refractivity contribution in [3.05, 3.63) is 0 Å². The van der Waals surface area contributed by atoms with Crippen molar-refractivity contribution in [3.63, 3.8) is 0 Å². The molecule has 0 radical (unpaired) electrons. The number of carbonyl (C=O) groups is 1. The molecule has 0 spiro atoms. The molecule has 98 valence electrons. The van der Waals surface area contributed by atoms with Crippen LogP contribution < -0.4 is 5.73 Å². The van der Waals surface area contributed by atoms with Crippen LogP contribution in [-0.4, -0.2) is 66.7 Å². The monoisotopic (exact) mass is 273 g/mol. The molecule has 0 aromatic carbocycles. The van der Waals surface area contributed by atoms with Gasteiger partial charge in [0.15, 0.2) is 0 Å². The van der Waals surface area contributed by atoms with Crippen molar-refractivity contribution >= 4 is 30.7 Å². The van der Waals surface area contributed by atoms with Gasteiger partial charge < -0.3 is 15.7 Å². The largest absolute Gasteiger partial charge is 0.395 e. The maximum absolute atomic E-state index is 11.4. The van der Waals surface area contributed by atoms with Crippen LogP contribution >= 0.6 is 24.8 Å². The fourth-order valence-corrected chi connectivity index (χ4v) is 1.64. The minimum Gasteiger partial charge on any atom is -0.395 e. The van der Waals surface area contributed by atoms with E-state index in [1.165, 1.54) is 0 Å². The van der Waals surface area contributed by atoms with Gasteiger partial charge >= 0.3 is 0 Å². The van der Waals surface area contributed by atoms with Gasteiger partial charge in [0, 0.05) is 45.7 Å². The third kappa shape index (κ3) is 5.86. The number of piperazine rings is 1. The number of nitrogens with two attached hydrogens (primary N) is 1. The smallest absolute Gasteiger partial charge is 0.223 e. The third-order valence-electron chi connectivity index (χ3n) is 2.50. The van der Waals surface area contributed by atoms with E-state index in [2.05, 4.69) is 4.90 Å². The molecule has 1 aliphatic rings. The van der Waals surface area contributed by atoms with Crippen LogP contribution in [0.15, 0.2) is 0 Å². The maximum Gasteiger partial charge on any atom is 0.223 e. The van der Waals surface area contributed by atoms with Crippen LogP contribution in [0.5, 0.6) is 0 Å². The number of aliphatic hydroxyl groups is 1. The molecule has 0 aromatic heterocycles. The van der Waals surface area contributed by atoms with Gasteiger partial charge in [-0.2, -0.15) is 0 Å². The van der Waals surface area contributed by atoms with E-state index >= 15 is 0 Å². The first-order chi connectivity index (χ1) is 6.77. The summed E-state index contributed by atoms with van der Waals surface area (Å²) in [4.78, 5) is 15.4. The summed E-state index contributed by atoms with van der Waals surface area (Å²) in [6, 6.07) is 0. The van der Waals surface area contributed by atoms with E-state index in [0.717, 1.165) is 26.2 Å². The molecule has 0 atom stereocenters. The van der Waals surface area contributed by atoms with Crippen molar-refractivity contribution in [2.75, 3.05) is 45.9 Å². The number of rotatable bonds is 4. The van der Waals surface area contributed by atoms with E-state index in [9.17, 15) is 4.79 Å². The molecular formula is C9H21Cl2N3O2. The van der Waals surface area contributed by atoms with Crippen LogP contribution in [0.2, 0.25) is 0 Å². The molecule has 1 fully saturated rings. The normalized spacial score (nSPS) is 16.2. The van der Waals surface area contributed by atoms with Crippen LogP contribution in [0.1, 0.15) is 6.42 Å². The zero-order chi connectivity index (χ0) is 10.4. The molecule has 1 aliphatic heterocycles. The predicted molar refractivity (Wildman–Crippen MR) is 68.3 cm³/mol. The topological polar surface area (TPSA) is 69.8 Å². The van der Waals surface area contributed by atoms with E-state index in [1.807, 2.05) is 4.90 Å². The van der Waals surface area contributed by atoms with Gasteiger partial charge in [0.1, 0.15) is 0 Å². The molecule has 16 heavy (non-hydrogen) atoms. The van der Waals surface area contributed by atoms with Gasteiger partial charge in [-0.05, 0) is 0 Å². The Morgan fingerprint density at radius 1 is 1.19 bits per heavy atom.